The third kappa shape index (κ3) is 2.03. The van der Waals surface area contributed by atoms with Crippen LogP contribution in [0.5, 0.6) is 0 Å². The number of aliphatic hydroxyl groups is 1. The first-order chi connectivity index (χ1) is 6.33. The van der Waals surface area contributed by atoms with Crippen molar-refractivity contribution < 1.29 is 5.11 Å². The van der Waals surface area contributed by atoms with E-state index in [4.69, 9.17) is 0 Å². The Hall–Kier alpha value is 0.270. The maximum absolute atomic E-state index is 10.1. The van der Waals surface area contributed by atoms with Crippen molar-refractivity contribution in [2.75, 3.05) is 24.6 Å². The van der Waals surface area contributed by atoms with E-state index in [0.29, 0.717) is 0 Å². The normalized spacial score (nSPS) is 41.8. The monoisotopic (exact) mass is 201 g/mol. The van der Waals surface area contributed by atoms with Crippen LogP contribution in [0, 0.1) is 5.41 Å². The number of hydrogen-bond acceptors (Lipinski definition) is 3. The molecule has 0 aromatic carbocycles. The van der Waals surface area contributed by atoms with Gasteiger partial charge in [-0.1, -0.05) is 0 Å². The van der Waals surface area contributed by atoms with E-state index in [0.717, 1.165) is 19.5 Å². The van der Waals surface area contributed by atoms with Gasteiger partial charge in [-0.05, 0) is 43.7 Å². The fraction of sp³-hybridized carbons (Fsp3) is 1.00. The Morgan fingerprint density at radius 1 is 1.31 bits per heavy atom. The molecule has 0 saturated carbocycles. The first-order valence-corrected chi connectivity index (χ1v) is 6.45. The SMILES string of the molecule is OC1CCNCC12CCCSCC2. The van der Waals surface area contributed by atoms with E-state index in [1.807, 2.05) is 11.8 Å². The fourth-order valence-corrected chi connectivity index (χ4v) is 3.64. The molecule has 2 unspecified atom stereocenters. The average Bonchev–Trinajstić information content (AvgIpc) is 2.37. The lowest BCUT2D eigenvalue weighted by molar-refractivity contribution is -0.00834. The predicted octanol–water partition coefficient (Wildman–Crippen LogP) is 1.24. The molecule has 3 heteroatoms. The number of hydrogen-bond donors (Lipinski definition) is 2. The van der Waals surface area contributed by atoms with Crippen LogP contribution in [0.25, 0.3) is 0 Å². The van der Waals surface area contributed by atoms with Gasteiger partial charge in [0.05, 0.1) is 6.10 Å². The van der Waals surface area contributed by atoms with Gasteiger partial charge in [-0.25, -0.2) is 0 Å². The Balaban J connectivity index is 2.05. The van der Waals surface area contributed by atoms with Crippen molar-refractivity contribution in [3.05, 3.63) is 0 Å². The summed E-state index contributed by atoms with van der Waals surface area (Å²) in [6.45, 7) is 2.03. The van der Waals surface area contributed by atoms with Crippen molar-refractivity contribution in [3.63, 3.8) is 0 Å². The summed E-state index contributed by atoms with van der Waals surface area (Å²) in [6, 6.07) is 0. The molecule has 2 atom stereocenters. The Morgan fingerprint density at radius 3 is 3.08 bits per heavy atom. The summed E-state index contributed by atoms with van der Waals surface area (Å²) in [5.41, 5.74) is 0.224. The maximum atomic E-state index is 10.1. The minimum Gasteiger partial charge on any atom is -0.392 e. The van der Waals surface area contributed by atoms with Crippen LogP contribution in [0.3, 0.4) is 0 Å². The van der Waals surface area contributed by atoms with Crippen molar-refractivity contribution in [1.82, 2.24) is 5.32 Å². The molecular formula is C10H19NOS. The zero-order valence-corrected chi connectivity index (χ0v) is 8.91. The summed E-state index contributed by atoms with van der Waals surface area (Å²) in [5, 5.41) is 13.5. The molecule has 0 radical (unpaired) electrons. The first-order valence-electron chi connectivity index (χ1n) is 5.30. The van der Waals surface area contributed by atoms with Crippen molar-refractivity contribution in [2.24, 2.45) is 5.41 Å². The first kappa shape index (κ1) is 9.81. The molecule has 13 heavy (non-hydrogen) atoms. The maximum Gasteiger partial charge on any atom is 0.0621 e. The highest BCUT2D eigenvalue weighted by Crippen LogP contribution is 2.39. The highest BCUT2D eigenvalue weighted by molar-refractivity contribution is 7.99. The number of rotatable bonds is 0. The third-order valence-corrected chi connectivity index (χ3v) is 4.56. The second-order valence-electron chi connectivity index (χ2n) is 4.31. The van der Waals surface area contributed by atoms with Crippen LogP contribution in [-0.2, 0) is 0 Å². The Kier molecular flexibility index (Phi) is 3.17. The average molecular weight is 201 g/mol. The molecule has 76 valence electrons. The van der Waals surface area contributed by atoms with Gasteiger partial charge in [0, 0.05) is 12.0 Å². The van der Waals surface area contributed by atoms with Gasteiger partial charge >= 0.3 is 0 Å². The van der Waals surface area contributed by atoms with E-state index in [1.54, 1.807) is 0 Å². The second kappa shape index (κ2) is 4.20. The summed E-state index contributed by atoms with van der Waals surface area (Å²) < 4.78 is 0. The van der Waals surface area contributed by atoms with Gasteiger partial charge in [0.2, 0.25) is 0 Å². The van der Waals surface area contributed by atoms with Crippen LogP contribution in [0.4, 0.5) is 0 Å². The molecule has 0 amide bonds. The van der Waals surface area contributed by atoms with E-state index in [-0.39, 0.29) is 11.5 Å². The second-order valence-corrected chi connectivity index (χ2v) is 5.53. The van der Waals surface area contributed by atoms with E-state index in [9.17, 15) is 5.11 Å². The topological polar surface area (TPSA) is 32.3 Å². The summed E-state index contributed by atoms with van der Waals surface area (Å²) in [4.78, 5) is 0. The molecule has 0 bridgehead atoms. The molecule has 2 N–H and O–H groups in total. The molecule has 2 aliphatic heterocycles. The number of nitrogens with one attached hydrogen (secondary N) is 1. The molecule has 2 heterocycles. The zero-order valence-electron chi connectivity index (χ0n) is 8.09. The molecule has 2 rings (SSSR count). The van der Waals surface area contributed by atoms with Crippen LogP contribution in [0.1, 0.15) is 25.7 Å². The van der Waals surface area contributed by atoms with Crippen molar-refractivity contribution in [3.8, 4) is 0 Å². The van der Waals surface area contributed by atoms with Crippen LogP contribution in [0.2, 0.25) is 0 Å². The van der Waals surface area contributed by atoms with Gasteiger partial charge in [-0.3, -0.25) is 0 Å². The smallest absolute Gasteiger partial charge is 0.0621 e. The molecular weight excluding hydrogens is 182 g/mol. The largest absolute Gasteiger partial charge is 0.392 e. The molecule has 0 aliphatic carbocycles. The number of aliphatic hydroxyl groups excluding tert-OH is 1. The van der Waals surface area contributed by atoms with Gasteiger partial charge in [0.25, 0.3) is 0 Å². The van der Waals surface area contributed by atoms with Crippen molar-refractivity contribution >= 4 is 11.8 Å². The van der Waals surface area contributed by atoms with Crippen LogP contribution in [0.15, 0.2) is 0 Å². The molecule has 0 aromatic heterocycles. The van der Waals surface area contributed by atoms with Crippen molar-refractivity contribution in [2.45, 2.75) is 31.8 Å². The summed E-state index contributed by atoms with van der Waals surface area (Å²) in [7, 11) is 0. The Labute approximate surface area is 84.5 Å². The third-order valence-electron chi connectivity index (χ3n) is 3.49. The van der Waals surface area contributed by atoms with E-state index in [2.05, 4.69) is 5.32 Å². The van der Waals surface area contributed by atoms with E-state index in [1.165, 1.54) is 30.8 Å². The molecule has 0 aromatic rings. The minimum atomic E-state index is -0.0487. The lowest BCUT2D eigenvalue weighted by Crippen LogP contribution is -2.49. The highest BCUT2D eigenvalue weighted by atomic mass is 32.2. The number of thioether (sulfide) groups is 1. The van der Waals surface area contributed by atoms with Crippen molar-refractivity contribution in [1.29, 1.82) is 0 Å². The van der Waals surface area contributed by atoms with Gasteiger partial charge < -0.3 is 10.4 Å². The predicted molar refractivity (Wildman–Crippen MR) is 57.1 cm³/mol. The lowest BCUT2D eigenvalue weighted by atomic mass is 9.73. The lowest BCUT2D eigenvalue weighted by Gasteiger charge is -2.41. The van der Waals surface area contributed by atoms with Crippen LogP contribution < -0.4 is 5.32 Å². The highest BCUT2D eigenvalue weighted by Gasteiger charge is 2.39. The quantitative estimate of drug-likeness (QED) is 0.618. The fourth-order valence-electron chi connectivity index (χ4n) is 2.54. The van der Waals surface area contributed by atoms with Gasteiger partial charge in [-0.15, -0.1) is 0 Å². The molecule has 2 nitrogen and oxygen atoms in total. The summed E-state index contributed by atoms with van der Waals surface area (Å²) in [6.07, 6.45) is 4.60. The minimum absolute atomic E-state index is 0.0487. The van der Waals surface area contributed by atoms with Crippen LogP contribution >= 0.6 is 11.8 Å². The Morgan fingerprint density at radius 2 is 2.23 bits per heavy atom. The Bertz CT molecular complexity index is 166. The molecule has 2 aliphatic rings. The molecule has 1 spiro atoms. The van der Waals surface area contributed by atoms with Gasteiger partial charge in [0.1, 0.15) is 0 Å². The number of piperidine rings is 1. The summed E-state index contributed by atoms with van der Waals surface area (Å²) >= 11 is 2.05. The van der Waals surface area contributed by atoms with E-state index >= 15 is 0 Å². The molecule has 2 fully saturated rings. The van der Waals surface area contributed by atoms with Crippen LogP contribution in [-0.4, -0.2) is 35.8 Å². The molecule has 2 saturated heterocycles. The van der Waals surface area contributed by atoms with Gasteiger partial charge in [0.15, 0.2) is 0 Å². The summed E-state index contributed by atoms with van der Waals surface area (Å²) in [5.74, 6) is 2.52. The zero-order chi connectivity index (χ0) is 9.15. The van der Waals surface area contributed by atoms with E-state index < -0.39 is 0 Å². The van der Waals surface area contributed by atoms with Gasteiger partial charge in [-0.2, -0.15) is 11.8 Å². The standard InChI is InChI=1S/C10H19NOS/c12-9-2-5-11-8-10(9)3-1-6-13-7-4-10/h9,11-12H,1-8H2.